The number of carbonyl (C=O) groups is 1. The largest absolute Gasteiger partial charge is 0.479 e. The molecule has 65 heavy (non-hydrogen) atoms. The van der Waals surface area contributed by atoms with E-state index in [1.54, 1.807) is 35.2 Å². The zero-order valence-electron chi connectivity index (χ0n) is 40.7. The Balaban J connectivity index is 1.05. The van der Waals surface area contributed by atoms with Crippen LogP contribution in [0.15, 0.2) is 0 Å². The van der Waals surface area contributed by atoms with Gasteiger partial charge in [0.15, 0.2) is 17.9 Å². The van der Waals surface area contributed by atoms with Gasteiger partial charge in [-0.25, -0.2) is 4.79 Å². The number of carboxylic acid groups (broad SMARTS) is 1. The molecule has 18 heteroatoms. The van der Waals surface area contributed by atoms with Gasteiger partial charge in [0, 0.05) is 77.3 Å². The van der Waals surface area contributed by atoms with E-state index < -0.39 is 89.5 Å². The third kappa shape index (κ3) is 8.88. The number of rotatable bonds is 13. The van der Waals surface area contributed by atoms with Crippen molar-refractivity contribution in [1.29, 1.82) is 0 Å². The van der Waals surface area contributed by atoms with Crippen LogP contribution >= 0.6 is 0 Å². The van der Waals surface area contributed by atoms with Gasteiger partial charge >= 0.3 is 5.97 Å². The summed E-state index contributed by atoms with van der Waals surface area (Å²) in [6, 6.07) is 0. The Bertz CT molecular complexity index is 1640. The molecular weight excluding hydrogens is 852 g/mol. The minimum atomic E-state index is -2.63. The fourth-order valence-electron chi connectivity index (χ4n) is 12.9. The summed E-state index contributed by atoms with van der Waals surface area (Å²) in [7, 11) is 6.39. The molecule has 0 saturated carbocycles. The molecule has 376 valence electrons. The van der Waals surface area contributed by atoms with Gasteiger partial charge in [-0.05, 0) is 59.8 Å². The summed E-state index contributed by atoms with van der Waals surface area (Å²) in [5.74, 6) is -9.32. The monoisotopic (exact) mass is 933 g/mol. The highest BCUT2D eigenvalue weighted by Crippen LogP contribution is 2.57. The molecule has 0 amide bonds. The summed E-state index contributed by atoms with van der Waals surface area (Å²) in [5.41, 5.74) is -2.41. The molecule has 0 aromatic heterocycles. The number of methoxy groups -OCH3 is 4. The number of ether oxygens (including phenoxy) is 12. The first-order valence-electron chi connectivity index (χ1n) is 24.0. The molecule has 7 aliphatic heterocycles. The highest BCUT2D eigenvalue weighted by Gasteiger charge is 2.70. The Kier molecular flexibility index (Phi) is 15.3. The number of aliphatic hydroxyl groups is 4. The first-order valence-corrected chi connectivity index (χ1v) is 24.0. The number of hydrogen-bond acceptors (Lipinski definition) is 17. The summed E-state index contributed by atoms with van der Waals surface area (Å²) in [4.78, 5) is 11.9. The topological polar surface area (TPSA) is 229 Å². The van der Waals surface area contributed by atoms with Crippen LogP contribution < -0.4 is 0 Å². The molecule has 1 spiro atoms. The standard InChI is InChI=1S/C47H80O18/c1-22-37(61-36-19-17-29(54-10)27(6)58-36)24(3)45(9,52)64-38(22)32-15-14-30(59-32)31-16-18-34(60-31)44(8)41(56-12)26(5)47(65-44)23(2)33(55-11)20-28(62-47)21-35-43(7,57-13)39(48)25(4)46(53,63-35)40(49)42(50)51/h22-41,48-49,52-53H,14-21H2,1-13H3,(H,50,51)/t22-,23+,24+,25-,26-,27+,28-,29-,30+,31+,32+,33+,34-,35-,36-,37-,38-,39-,40+,41-,43-,44-,45-,46-,47-/m0/s1. The van der Waals surface area contributed by atoms with E-state index in [0.717, 1.165) is 25.7 Å². The number of hydrogen-bond donors (Lipinski definition) is 5. The van der Waals surface area contributed by atoms with E-state index in [1.165, 1.54) is 14.0 Å². The maximum absolute atomic E-state index is 11.9. The molecule has 0 radical (unpaired) electrons. The average molecular weight is 933 g/mol. The van der Waals surface area contributed by atoms with Crippen molar-refractivity contribution < 1.29 is 87.2 Å². The van der Waals surface area contributed by atoms with Gasteiger partial charge < -0.3 is 82.4 Å². The van der Waals surface area contributed by atoms with Crippen LogP contribution in [0, 0.1) is 29.6 Å². The maximum Gasteiger partial charge on any atom is 0.338 e. The molecule has 7 saturated heterocycles. The van der Waals surface area contributed by atoms with E-state index >= 15 is 0 Å². The Hall–Kier alpha value is -1.17. The molecule has 7 heterocycles. The number of carboxylic acids is 1. The molecule has 0 unspecified atom stereocenters. The van der Waals surface area contributed by atoms with Crippen LogP contribution in [0.4, 0.5) is 0 Å². The highest BCUT2D eigenvalue weighted by molar-refractivity contribution is 5.73. The van der Waals surface area contributed by atoms with Crippen molar-refractivity contribution in [2.24, 2.45) is 29.6 Å². The van der Waals surface area contributed by atoms with E-state index in [0.29, 0.717) is 19.3 Å². The van der Waals surface area contributed by atoms with Gasteiger partial charge in [0.2, 0.25) is 11.9 Å². The molecule has 25 atom stereocenters. The fourth-order valence-corrected chi connectivity index (χ4v) is 12.9. The molecule has 7 rings (SSSR count). The lowest BCUT2D eigenvalue weighted by atomic mass is 9.73. The maximum atomic E-state index is 11.9. The van der Waals surface area contributed by atoms with E-state index in [2.05, 4.69) is 6.92 Å². The van der Waals surface area contributed by atoms with Crippen molar-refractivity contribution in [2.45, 2.75) is 234 Å². The second-order valence-corrected chi connectivity index (χ2v) is 21.0. The first-order chi connectivity index (χ1) is 30.5. The third-order valence-electron chi connectivity index (χ3n) is 17.3. The number of aliphatic hydroxyl groups excluding tert-OH is 2. The Labute approximate surface area is 384 Å². The second-order valence-electron chi connectivity index (χ2n) is 21.0. The average Bonchev–Trinajstić information content (AvgIpc) is 4.01. The highest BCUT2D eigenvalue weighted by atomic mass is 16.7. The van der Waals surface area contributed by atoms with Crippen molar-refractivity contribution in [3.8, 4) is 0 Å². The van der Waals surface area contributed by atoms with Crippen molar-refractivity contribution >= 4 is 5.97 Å². The van der Waals surface area contributed by atoms with Crippen LogP contribution in [0.3, 0.4) is 0 Å². The Morgan fingerprint density at radius 1 is 0.738 bits per heavy atom. The molecule has 0 aromatic carbocycles. The molecule has 5 N–H and O–H groups in total. The third-order valence-corrected chi connectivity index (χ3v) is 17.3. The van der Waals surface area contributed by atoms with Gasteiger partial charge in [-0.2, -0.15) is 0 Å². The molecular formula is C47H80O18. The summed E-state index contributed by atoms with van der Waals surface area (Å²) >= 11 is 0. The molecule has 7 aliphatic rings. The quantitative estimate of drug-likeness (QED) is 0.179. The van der Waals surface area contributed by atoms with E-state index in [1.807, 2.05) is 34.6 Å². The van der Waals surface area contributed by atoms with E-state index in [4.69, 9.17) is 56.8 Å². The summed E-state index contributed by atoms with van der Waals surface area (Å²) < 4.78 is 77.3. The number of aliphatic carboxylic acids is 1. The lowest BCUT2D eigenvalue weighted by Gasteiger charge is -2.55. The van der Waals surface area contributed by atoms with Crippen molar-refractivity contribution in [2.75, 3.05) is 28.4 Å². The predicted octanol–water partition coefficient (Wildman–Crippen LogP) is 3.29. The normalized spacial score (nSPS) is 54.6. The summed E-state index contributed by atoms with van der Waals surface area (Å²) in [6.07, 6.45) is -4.04. The zero-order valence-corrected chi connectivity index (χ0v) is 40.7. The minimum Gasteiger partial charge on any atom is -0.479 e. The minimum absolute atomic E-state index is 0.0149. The van der Waals surface area contributed by atoms with E-state index in [9.17, 15) is 30.3 Å². The molecule has 0 aromatic rings. The van der Waals surface area contributed by atoms with E-state index in [-0.39, 0.29) is 72.8 Å². The Morgan fingerprint density at radius 3 is 2.00 bits per heavy atom. The molecule has 18 nitrogen and oxygen atoms in total. The van der Waals surface area contributed by atoms with Crippen LogP contribution in [-0.2, 0) is 61.6 Å². The van der Waals surface area contributed by atoms with Gasteiger partial charge in [-0.15, -0.1) is 0 Å². The molecule has 7 fully saturated rings. The fraction of sp³-hybridized carbons (Fsp3) is 0.979. The summed E-state index contributed by atoms with van der Waals surface area (Å²) in [6.45, 7) is 16.8. The lowest BCUT2D eigenvalue weighted by Crippen LogP contribution is -2.71. The van der Waals surface area contributed by atoms with Crippen molar-refractivity contribution in [3.63, 3.8) is 0 Å². The van der Waals surface area contributed by atoms with Gasteiger partial charge in [-0.1, -0.05) is 34.6 Å². The zero-order chi connectivity index (χ0) is 47.8. The van der Waals surface area contributed by atoms with Crippen LogP contribution in [0.2, 0.25) is 0 Å². The van der Waals surface area contributed by atoms with Gasteiger partial charge in [0.25, 0.3) is 0 Å². The van der Waals surface area contributed by atoms with Crippen molar-refractivity contribution in [1.82, 2.24) is 0 Å². The second kappa shape index (κ2) is 19.2. The molecule has 0 bridgehead atoms. The van der Waals surface area contributed by atoms with Gasteiger partial charge in [0.1, 0.15) is 11.2 Å². The summed E-state index contributed by atoms with van der Waals surface area (Å²) in [5, 5.41) is 54.9. The molecule has 0 aliphatic carbocycles. The SMILES string of the molecule is CO[C@H]1CC[C@H](O[C@H]2[C@H](C)[C@@H]([C@H]3CC[C@H]([C@H]4CC[C@@H]([C@]5(C)O[C@]6(O[C@H](C[C@@H]7O[C@](O)([C@H](O)C(=O)O)[C@@H](C)[C@H](O)[C@@]7(C)OC)C[C@@H](OC)[C@H]6C)[C@@H](C)[C@@H]5OC)O4)O3)O[C@](C)(O)[C@@H]2C)O[C@@H]1C. The van der Waals surface area contributed by atoms with Crippen molar-refractivity contribution in [3.05, 3.63) is 0 Å². The van der Waals surface area contributed by atoms with Gasteiger partial charge in [0.05, 0.1) is 79.4 Å². The lowest BCUT2D eigenvalue weighted by molar-refractivity contribution is -0.388. The van der Waals surface area contributed by atoms with Crippen LogP contribution in [0.5, 0.6) is 0 Å². The van der Waals surface area contributed by atoms with Crippen LogP contribution in [0.1, 0.15) is 114 Å². The first kappa shape index (κ1) is 51.7. The van der Waals surface area contributed by atoms with Gasteiger partial charge in [-0.3, -0.25) is 0 Å². The van der Waals surface area contributed by atoms with Crippen LogP contribution in [0.25, 0.3) is 0 Å². The Morgan fingerprint density at radius 2 is 1.38 bits per heavy atom. The van der Waals surface area contributed by atoms with Crippen LogP contribution in [-0.4, -0.2) is 180 Å². The predicted molar refractivity (Wildman–Crippen MR) is 229 cm³/mol. The smallest absolute Gasteiger partial charge is 0.338 e.